The molecule has 6 N–H and O–H groups in total. The number of rotatable bonds is 9. The van der Waals surface area contributed by atoms with E-state index in [-0.39, 0.29) is 0 Å². The average Bonchev–Trinajstić information content (AvgIpc) is 2.40. The lowest BCUT2D eigenvalue weighted by Gasteiger charge is -2.26. The molecule has 10 nitrogen and oxygen atoms in total. The van der Waals surface area contributed by atoms with E-state index in [9.17, 15) is 29.8 Å². The zero-order valence-electron chi connectivity index (χ0n) is 11.6. The van der Waals surface area contributed by atoms with Gasteiger partial charge in [0, 0.05) is 0 Å². The van der Waals surface area contributed by atoms with Crippen LogP contribution in [0.25, 0.3) is 0 Å². The van der Waals surface area contributed by atoms with Gasteiger partial charge in [-0.3, -0.25) is 4.52 Å². The summed E-state index contributed by atoms with van der Waals surface area (Å²) in [7, 11) is -4.86. The Morgan fingerprint density at radius 3 is 2.10 bits per heavy atom. The third-order valence-electron chi connectivity index (χ3n) is 2.61. The molecule has 0 saturated carbocycles. The maximum Gasteiger partial charge on any atom is 0.469 e. The van der Waals surface area contributed by atoms with Gasteiger partial charge in [-0.1, -0.05) is 6.92 Å². The Morgan fingerprint density at radius 2 is 1.67 bits per heavy atom. The van der Waals surface area contributed by atoms with Crippen LogP contribution in [0.4, 0.5) is 0 Å². The summed E-state index contributed by atoms with van der Waals surface area (Å²) < 4.78 is 19.1. The second-order valence-electron chi connectivity index (χ2n) is 4.44. The molecule has 0 radical (unpaired) electrons. The molecule has 0 amide bonds. The highest BCUT2D eigenvalue weighted by Crippen LogP contribution is 2.35. The minimum absolute atomic E-state index is 0.468. The highest BCUT2D eigenvalue weighted by molar-refractivity contribution is 7.46. The molecule has 0 aromatic carbocycles. The number of hydrogen-bond acceptors (Lipinski definition) is 8. The predicted octanol–water partition coefficient (Wildman–Crippen LogP) is -2.12. The van der Waals surface area contributed by atoms with Gasteiger partial charge < -0.3 is 34.9 Å². The number of aliphatic hydroxyl groups excluding tert-OH is 4. The van der Waals surface area contributed by atoms with E-state index in [1.165, 1.54) is 0 Å². The predicted molar refractivity (Wildman–Crippen MR) is 67.9 cm³/mol. The largest absolute Gasteiger partial charge is 0.469 e. The maximum absolute atomic E-state index is 11.4. The lowest BCUT2D eigenvalue weighted by molar-refractivity contribution is -0.174. The molecule has 5 unspecified atom stereocenters. The van der Waals surface area contributed by atoms with Crippen molar-refractivity contribution in [3.8, 4) is 0 Å². The van der Waals surface area contributed by atoms with Crippen LogP contribution in [0.5, 0.6) is 0 Å². The number of esters is 1. The number of phosphoric ester groups is 1. The summed E-state index contributed by atoms with van der Waals surface area (Å²) in [5.74, 6) is -1.20. The fourth-order valence-electron chi connectivity index (χ4n) is 1.18. The first-order valence-electron chi connectivity index (χ1n) is 6.12. The molecule has 21 heavy (non-hydrogen) atoms. The number of hydrogen-bond donors (Lipinski definition) is 6. The Kier molecular flexibility index (Phi) is 8.52. The van der Waals surface area contributed by atoms with Gasteiger partial charge in [0.1, 0.15) is 18.3 Å². The van der Waals surface area contributed by atoms with E-state index in [0.717, 1.165) is 0 Å². The van der Waals surface area contributed by atoms with E-state index in [0.29, 0.717) is 6.42 Å². The molecule has 0 aromatic heterocycles. The van der Waals surface area contributed by atoms with Crippen LogP contribution in [-0.4, -0.2) is 73.3 Å². The molecule has 0 aromatic rings. The van der Waals surface area contributed by atoms with Crippen LogP contribution < -0.4 is 0 Å². The molecule has 11 heteroatoms. The molecule has 0 rings (SSSR count). The molecular weight excluding hydrogens is 311 g/mol. The first-order chi connectivity index (χ1) is 9.49. The van der Waals surface area contributed by atoms with Crippen LogP contribution in [0.15, 0.2) is 0 Å². The van der Waals surface area contributed by atoms with Crippen LogP contribution in [0.3, 0.4) is 0 Å². The summed E-state index contributed by atoms with van der Waals surface area (Å²) in [6.45, 7) is 2.27. The van der Waals surface area contributed by atoms with Gasteiger partial charge in [0.25, 0.3) is 0 Å². The Morgan fingerprint density at radius 1 is 1.14 bits per heavy atom. The van der Waals surface area contributed by atoms with E-state index >= 15 is 0 Å². The van der Waals surface area contributed by atoms with Crippen molar-refractivity contribution in [2.75, 3.05) is 6.61 Å². The van der Waals surface area contributed by atoms with Gasteiger partial charge in [0.15, 0.2) is 6.10 Å². The van der Waals surface area contributed by atoms with Crippen LogP contribution in [0.2, 0.25) is 0 Å². The maximum atomic E-state index is 11.4. The normalized spacial score (nSPS) is 19.4. The molecule has 0 heterocycles. The van der Waals surface area contributed by atoms with E-state index < -0.39 is 50.9 Å². The van der Waals surface area contributed by atoms with Crippen molar-refractivity contribution in [3.63, 3.8) is 0 Å². The van der Waals surface area contributed by atoms with Gasteiger partial charge in [-0.15, -0.1) is 0 Å². The van der Waals surface area contributed by atoms with Gasteiger partial charge >= 0.3 is 13.8 Å². The highest BCUT2D eigenvalue weighted by atomic mass is 31.2. The van der Waals surface area contributed by atoms with E-state index in [2.05, 4.69) is 4.52 Å². The molecule has 5 atom stereocenters. The number of aliphatic hydroxyl groups is 4. The molecule has 126 valence electrons. The highest BCUT2D eigenvalue weighted by Gasteiger charge is 2.36. The third-order valence-corrected chi connectivity index (χ3v) is 3.10. The summed E-state index contributed by atoms with van der Waals surface area (Å²) in [6.07, 6.45) is -8.29. The topological polar surface area (TPSA) is 174 Å². The summed E-state index contributed by atoms with van der Waals surface area (Å²) in [5.41, 5.74) is 0. The lowest BCUT2D eigenvalue weighted by atomic mass is 10.0. The summed E-state index contributed by atoms with van der Waals surface area (Å²) in [5, 5.41) is 37.9. The first kappa shape index (κ1) is 20.4. The lowest BCUT2D eigenvalue weighted by Crippen LogP contribution is -2.49. The molecule has 0 aliphatic carbocycles. The molecule has 0 aliphatic rings. The van der Waals surface area contributed by atoms with E-state index in [1.54, 1.807) is 13.8 Å². The van der Waals surface area contributed by atoms with Crippen molar-refractivity contribution >= 4 is 13.8 Å². The van der Waals surface area contributed by atoms with Gasteiger partial charge in [0.2, 0.25) is 0 Å². The second kappa shape index (κ2) is 8.76. The molecule has 0 aliphatic heterocycles. The van der Waals surface area contributed by atoms with Crippen LogP contribution in [0, 0.1) is 0 Å². The smallest absolute Gasteiger partial charge is 0.461 e. The number of ether oxygens (including phenoxy) is 1. The SMILES string of the molecule is CCC(C)OC(=O)C(O)C(O)C(O)C(O)COP(=O)(O)O. The Balaban J connectivity index is 4.50. The quantitative estimate of drug-likeness (QED) is 0.202. The van der Waals surface area contributed by atoms with E-state index in [1.807, 2.05) is 0 Å². The third kappa shape index (κ3) is 7.84. The van der Waals surface area contributed by atoms with Crippen molar-refractivity contribution in [2.24, 2.45) is 0 Å². The summed E-state index contributed by atoms with van der Waals surface area (Å²) >= 11 is 0. The minimum Gasteiger partial charge on any atom is -0.461 e. The van der Waals surface area contributed by atoms with Gasteiger partial charge in [-0.25, -0.2) is 9.36 Å². The standard InChI is InChI=1S/C10H21O10P/c1-3-5(2)20-10(15)9(14)8(13)7(12)6(11)4-19-21(16,17)18/h5-9,11-14H,3-4H2,1-2H3,(H2,16,17,18). The molecule has 0 spiro atoms. The Hall–Kier alpha value is -0.580. The Labute approximate surface area is 121 Å². The van der Waals surface area contributed by atoms with Crippen LogP contribution in [0.1, 0.15) is 20.3 Å². The molecule has 0 saturated heterocycles. The number of phosphoric acid groups is 1. The van der Waals surface area contributed by atoms with Crippen molar-refractivity contribution in [1.82, 2.24) is 0 Å². The monoisotopic (exact) mass is 332 g/mol. The Bertz CT molecular complexity index is 369. The van der Waals surface area contributed by atoms with Crippen LogP contribution in [-0.2, 0) is 18.6 Å². The van der Waals surface area contributed by atoms with E-state index in [4.69, 9.17) is 14.5 Å². The van der Waals surface area contributed by atoms with Crippen molar-refractivity contribution in [2.45, 2.75) is 50.8 Å². The number of carbonyl (C=O) groups excluding carboxylic acids is 1. The second-order valence-corrected chi connectivity index (χ2v) is 5.67. The minimum atomic E-state index is -4.86. The fraction of sp³-hybridized carbons (Fsp3) is 0.900. The number of carbonyl (C=O) groups is 1. The van der Waals surface area contributed by atoms with Crippen molar-refractivity contribution < 1.29 is 48.8 Å². The zero-order chi connectivity index (χ0) is 16.8. The zero-order valence-corrected chi connectivity index (χ0v) is 12.5. The fourth-order valence-corrected chi connectivity index (χ4v) is 1.52. The van der Waals surface area contributed by atoms with Gasteiger partial charge in [0.05, 0.1) is 12.7 Å². The van der Waals surface area contributed by atoms with Crippen LogP contribution >= 0.6 is 7.82 Å². The molecular formula is C10H21O10P. The van der Waals surface area contributed by atoms with Gasteiger partial charge in [-0.2, -0.15) is 0 Å². The van der Waals surface area contributed by atoms with Crippen molar-refractivity contribution in [3.05, 3.63) is 0 Å². The molecule has 0 fully saturated rings. The van der Waals surface area contributed by atoms with Gasteiger partial charge in [-0.05, 0) is 13.3 Å². The average molecular weight is 332 g/mol. The first-order valence-corrected chi connectivity index (χ1v) is 7.65. The molecule has 0 bridgehead atoms. The summed E-state index contributed by atoms with van der Waals surface area (Å²) in [6, 6.07) is 0. The summed E-state index contributed by atoms with van der Waals surface area (Å²) in [4.78, 5) is 28.3. The van der Waals surface area contributed by atoms with Crippen molar-refractivity contribution in [1.29, 1.82) is 0 Å².